The molecule has 0 N–H and O–H groups in total. The maximum atomic E-state index is 12.2. The first-order chi connectivity index (χ1) is 12.1. The van der Waals surface area contributed by atoms with Crippen molar-refractivity contribution in [3.8, 4) is 5.75 Å². The Hall–Kier alpha value is -1.85. The topological polar surface area (TPSA) is 41.9 Å². The van der Waals surface area contributed by atoms with Gasteiger partial charge in [-0.1, -0.05) is 17.7 Å². The number of carbonyl (C=O) groups excluding carboxylic acids is 1. The van der Waals surface area contributed by atoms with Crippen molar-refractivity contribution in [3.63, 3.8) is 0 Å². The minimum Gasteiger partial charge on any atom is -0.466 e. The molecule has 25 heavy (non-hydrogen) atoms. The van der Waals surface area contributed by atoms with Crippen LogP contribution in [0.3, 0.4) is 0 Å². The maximum Gasteiger partial charge on any atom is 0.205 e. The van der Waals surface area contributed by atoms with Gasteiger partial charge in [0, 0.05) is 29.8 Å². The van der Waals surface area contributed by atoms with E-state index in [4.69, 9.17) is 21.4 Å². The van der Waals surface area contributed by atoms with Gasteiger partial charge in [0.1, 0.15) is 11.5 Å². The van der Waals surface area contributed by atoms with Crippen LogP contribution < -0.4 is 4.74 Å². The van der Waals surface area contributed by atoms with Crippen molar-refractivity contribution in [2.45, 2.75) is 43.9 Å². The molecule has 1 saturated carbocycles. The Morgan fingerprint density at radius 1 is 1.36 bits per heavy atom. The lowest BCUT2D eigenvalue weighted by Crippen LogP contribution is -2.56. The third-order valence-electron chi connectivity index (χ3n) is 5.26. The van der Waals surface area contributed by atoms with Crippen LogP contribution in [0.2, 0.25) is 5.02 Å². The van der Waals surface area contributed by atoms with Crippen LogP contribution in [0.1, 0.15) is 48.6 Å². The number of ether oxygens (including phenoxy) is 1. The molecule has 128 valence electrons. The lowest BCUT2D eigenvalue weighted by atomic mass is 9.86. The Labute approximate surface area is 155 Å². The van der Waals surface area contributed by atoms with Crippen molar-refractivity contribution < 1.29 is 9.53 Å². The molecule has 1 aromatic carbocycles. The number of hydrogen-bond acceptors (Lipinski definition) is 5. The molecule has 2 atom stereocenters. The van der Waals surface area contributed by atoms with E-state index >= 15 is 0 Å². The molecule has 0 saturated heterocycles. The van der Waals surface area contributed by atoms with Gasteiger partial charge in [-0.3, -0.25) is 4.79 Å². The van der Waals surface area contributed by atoms with E-state index in [1.54, 1.807) is 11.3 Å². The van der Waals surface area contributed by atoms with Crippen LogP contribution in [0, 0.1) is 0 Å². The first-order valence-corrected chi connectivity index (χ1v) is 9.81. The Morgan fingerprint density at radius 2 is 2.28 bits per heavy atom. The van der Waals surface area contributed by atoms with Crippen LogP contribution >= 0.6 is 22.9 Å². The Morgan fingerprint density at radius 3 is 3.08 bits per heavy atom. The largest absolute Gasteiger partial charge is 0.466 e. The molecule has 0 radical (unpaired) electrons. The Kier molecular flexibility index (Phi) is 3.44. The van der Waals surface area contributed by atoms with E-state index in [1.807, 2.05) is 24.3 Å². The highest BCUT2D eigenvalue weighted by atomic mass is 35.5. The number of halogens is 1. The fourth-order valence-corrected chi connectivity index (χ4v) is 5.07. The highest BCUT2D eigenvalue weighted by Gasteiger charge is 2.52. The number of benzene rings is 1. The quantitative estimate of drug-likeness (QED) is 0.723. The Balaban J connectivity index is 1.63. The molecule has 2 aliphatic heterocycles. The maximum absolute atomic E-state index is 12.2. The van der Waals surface area contributed by atoms with Gasteiger partial charge in [-0.25, -0.2) is 5.01 Å². The summed E-state index contributed by atoms with van der Waals surface area (Å²) in [5.74, 6) is 1.09. The van der Waals surface area contributed by atoms with Gasteiger partial charge in [0.15, 0.2) is 0 Å². The molecule has 2 aromatic rings. The molecule has 0 bridgehead atoms. The number of fused-ring (bicyclic) bond motifs is 4. The zero-order valence-corrected chi connectivity index (χ0v) is 15.1. The van der Waals surface area contributed by atoms with E-state index in [0.29, 0.717) is 17.9 Å². The van der Waals surface area contributed by atoms with Crippen molar-refractivity contribution in [2.75, 3.05) is 0 Å². The molecule has 5 rings (SSSR count). The number of hydrazone groups is 1. The summed E-state index contributed by atoms with van der Waals surface area (Å²) in [5.41, 5.74) is 1.47. The molecule has 6 heteroatoms. The molecule has 1 aliphatic carbocycles. The summed E-state index contributed by atoms with van der Waals surface area (Å²) in [5, 5.41) is 9.75. The summed E-state index contributed by atoms with van der Waals surface area (Å²) < 4.78 is 6.41. The summed E-state index contributed by atoms with van der Waals surface area (Å²) in [6, 6.07) is 9.97. The highest BCUT2D eigenvalue weighted by Crippen LogP contribution is 2.51. The third kappa shape index (κ3) is 2.41. The zero-order valence-electron chi connectivity index (χ0n) is 13.6. The van der Waals surface area contributed by atoms with E-state index in [9.17, 15) is 4.79 Å². The van der Waals surface area contributed by atoms with Crippen LogP contribution in [0.5, 0.6) is 5.75 Å². The molecule has 0 unspecified atom stereocenters. The third-order valence-corrected chi connectivity index (χ3v) is 6.41. The van der Waals surface area contributed by atoms with Crippen LogP contribution in [0.25, 0.3) is 0 Å². The lowest BCUT2D eigenvalue weighted by Gasteiger charge is -2.49. The van der Waals surface area contributed by atoms with E-state index in [0.717, 1.165) is 36.3 Å². The van der Waals surface area contributed by atoms with Crippen LogP contribution in [0.15, 0.2) is 40.8 Å². The summed E-state index contributed by atoms with van der Waals surface area (Å²) in [6.07, 6.45) is 3.51. The number of Topliss-reactive ketones (excluding diaryl/α,β-unsaturated/α-hetero) is 1. The second kappa shape index (κ2) is 5.58. The standard InChI is InChI=1S/C19H17ClN2O2S/c20-12-5-6-17-14(9-12)16-10-15(18-4-2-8-25-18)21-22(16)19(24-17)7-1-3-13(23)11-19/h2,4-6,8-9,16H,1,3,7,10-11H2/t16-,19+/m0/s1. The highest BCUT2D eigenvalue weighted by molar-refractivity contribution is 7.12. The fourth-order valence-electron chi connectivity index (χ4n) is 4.17. The van der Waals surface area contributed by atoms with Crippen molar-refractivity contribution >= 4 is 34.4 Å². The number of thiophene rings is 1. The van der Waals surface area contributed by atoms with E-state index < -0.39 is 5.72 Å². The van der Waals surface area contributed by atoms with Gasteiger partial charge in [-0.05, 0) is 36.1 Å². The molecule has 3 aliphatic rings. The van der Waals surface area contributed by atoms with Crippen molar-refractivity contribution in [3.05, 3.63) is 51.2 Å². The molecule has 4 nitrogen and oxygen atoms in total. The number of hydrogen-bond donors (Lipinski definition) is 0. The molecule has 1 aromatic heterocycles. The van der Waals surface area contributed by atoms with Gasteiger partial charge < -0.3 is 4.74 Å². The molecular weight excluding hydrogens is 356 g/mol. The molecule has 3 heterocycles. The van der Waals surface area contributed by atoms with Crippen LogP contribution in [-0.2, 0) is 4.79 Å². The average Bonchev–Trinajstić information content (AvgIpc) is 3.25. The van der Waals surface area contributed by atoms with E-state index in [2.05, 4.69) is 16.5 Å². The van der Waals surface area contributed by atoms with Gasteiger partial charge in [-0.2, -0.15) is 5.10 Å². The average molecular weight is 373 g/mol. The summed E-state index contributed by atoms with van der Waals surface area (Å²) >= 11 is 7.93. The number of carbonyl (C=O) groups is 1. The Bertz CT molecular complexity index is 880. The SMILES string of the molecule is O=C1CCC[C@]2(C1)Oc1ccc(Cl)cc1[C@@H]1CC(c3cccs3)=NN12. The summed E-state index contributed by atoms with van der Waals surface area (Å²) in [7, 11) is 0. The van der Waals surface area contributed by atoms with Crippen molar-refractivity contribution in [2.24, 2.45) is 5.10 Å². The first-order valence-electron chi connectivity index (χ1n) is 8.55. The van der Waals surface area contributed by atoms with E-state index in [-0.39, 0.29) is 11.8 Å². The number of nitrogens with zero attached hydrogens (tertiary/aromatic N) is 2. The number of ketones is 1. The fraction of sp³-hybridized carbons (Fsp3) is 0.368. The first kappa shape index (κ1) is 15.4. The second-order valence-corrected chi connectivity index (χ2v) is 8.27. The van der Waals surface area contributed by atoms with Gasteiger partial charge in [0.2, 0.25) is 5.72 Å². The smallest absolute Gasteiger partial charge is 0.205 e. The lowest BCUT2D eigenvalue weighted by molar-refractivity contribution is -0.156. The molecule has 1 fully saturated rings. The summed E-state index contributed by atoms with van der Waals surface area (Å²) in [4.78, 5) is 13.4. The van der Waals surface area contributed by atoms with Gasteiger partial charge in [0.05, 0.1) is 23.1 Å². The van der Waals surface area contributed by atoms with E-state index in [1.165, 1.54) is 4.88 Å². The van der Waals surface area contributed by atoms with Crippen LogP contribution in [-0.4, -0.2) is 22.2 Å². The predicted octanol–water partition coefficient (Wildman–Crippen LogP) is 4.78. The summed E-state index contributed by atoms with van der Waals surface area (Å²) in [6.45, 7) is 0. The second-order valence-electron chi connectivity index (χ2n) is 6.89. The van der Waals surface area contributed by atoms with Gasteiger partial charge in [-0.15, -0.1) is 11.3 Å². The minimum absolute atomic E-state index is 0.0745. The van der Waals surface area contributed by atoms with Crippen LogP contribution in [0.4, 0.5) is 0 Å². The molecular formula is C19H17ClN2O2S. The monoisotopic (exact) mass is 372 g/mol. The molecule has 1 spiro atoms. The molecule has 0 amide bonds. The number of rotatable bonds is 1. The van der Waals surface area contributed by atoms with Crippen molar-refractivity contribution in [1.82, 2.24) is 5.01 Å². The normalized spacial score (nSPS) is 27.7. The van der Waals surface area contributed by atoms with Crippen molar-refractivity contribution in [1.29, 1.82) is 0 Å². The predicted molar refractivity (Wildman–Crippen MR) is 98.3 cm³/mol. The zero-order chi connectivity index (χ0) is 17.0. The minimum atomic E-state index is -0.653. The van der Waals surface area contributed by atoms with Gasteiger partial charge >= 0.3 is 0 Å². The van der Waals surface area contributed by atoms with Gasteiger partial charge in [0.25, 0.3) is 0 Å².